The second-order valence-electron chi connectivity index (χ2n) is 3.77. The molecule has 1 aromatic rings. The molecule has 0 heterocycles. The van der Waals surface area contributed by atoms with E-state index < -0.39 is 0 Å². The average molecular weight is 227 g/mol. The number of hydrogen-bond acceptors (Lipinski definition) is 2. The van der Waals surface area contributed by atoms with E-state index in [4.69, 9.17) is 0 Å². The normalized spacial score (nSPS) is 14.9. The zero-order valence-corrected chi connectivity index (χ0v) is 10.3. The van der Waals surface area contributed by atoms with Crippen LogP contribution >= 0.6 is 11.8 Å². The van der Waals surface area contributed by atoms with Gasteiger partial charge in [0.05, 0.1) is 0 Å². The van der Waals surface area contributed by atoms with Gasteiger partial charge in [0.15, 0.2) is 0 Å². The summed E-state index contributed by atoms with van der Waals surface area (Å²) in [6, 6.07) is 7.39. The molecule has 0 amide bonds. The summed E-state index contributed by atoms with van der Waals surface area (Å²) in [5, 5.41) is 3.38. The zero-order chi connectivity index (χ0) is 11.3. The molecule has 0 aromatic heterocycles. The topological polar surface area (TPSA) is 12.0 Å². The number of rotatable bonds is 5. The van der Waals surface area contributed by atoms with E-state index in [9.17, 15) is 4.39 Å². The number of thioether (sulfide) groups is 1. The number of benzene rings is 1. The molecule has 0 bridgehead atoms. The molecule has 15 heavy (non-hydrogen) atoms. The van der Waals surface area contributed by atoms with E-state index in [0.29, 0.717) is 6.04 Å². The second-order valence-corrected chi connectivity index (χ2v) is 4.68. The highest BCUT2D eigenvalue weighted by Crippen LogP contribution is 2.16. The van der Waals surface area contributed by atoms with Crippen molar-refractivity contribution in [3.8, 4) is 0 Å². The van der Waals surface area contributed by atoms with Gasteiger partial charge in [-0.1, -0.05) is 18.2 Å². The third-order valence-corrected chi connectivity index (χ3v) is 3.16. The molecule has 2 unspecified atom stereocenters. The number of nitrogens with one attached hydrogen (secondary N) is 1. The third kappa shape index (κ3) is 3.84. The molecule has 0 fully saturated rings. The number of halogens is 1. The quantitative estimate of drug-likeness (QED) is 0.829. The predicted octanol–water partition coefficient (Wildman–Crippen LogP) is 3.23. The van der Waals surface area contributed by atoms with Crippen molar-refractivity contribution in [3.05, 3.63) is 35.6 Å². The molecule has 1 N–H and O–H groups in total. The minimum absolute atomic E-state index is 0.0633. The Balaban J connectivity index is 2.61. The van der Waals surface area contributed by atoms with Gasteiger partial charge >= 0.3 is 0 Å². The Hall–Kier alpha value is -0.540. The molecule has 0 aliphatic heterocycles. The molecule has 84 valence electrons. The van der Waals surface area contributed by atoms with E-state index in [-0.39, 0.29) is 11.9 Å². The maximum atomic E-state index is 13.4. The predicted molar refractivity (Wildman–Crippen MR) is 65.8 cm³/mol. The molecule has 1 rings (SSSR count). The first-order valence-electron chi connectivity index (χ1n) is 5.14. The van der Waals surface area contributed by atoms with Gasteiger partial charge in [0.1, 0.15) is 5.82 Å². The van der Waals surface area contributed by atoms with Crippen molar-refractivity contribution in [1.82, 2.24) is 5.32 Å². The van der Waals surface area contributed by atoms with E-state index in [1.807, 2.05) is 19.1 Å². The highest BCUT2D eigenvalue weighted by molar-refractivity contribution is 7.98. The van der Waals surface area contributed by atoms with Gasteiger partial charge in [-0.05, 0) is 26.2 Å². The standard InChI is InChI=1S/C12H18FNS/c1-9(8-15-3)14-10(2)11-6-4-5-7-12(11)13/h4-7,9-10,14H,8H2,1-3H3. The Labute approximate surface area is 95.5 Å². The fraction of sp³-hybridized carbons (Fsp3) is 0.500. The lowest BCUT2D eigenvalue weighted by atomic mass is 10.1. The molecular formula is C12H18FNS. The summed E-state index contributed by atoms with van der Waals surface area (Å²) < 4.78 is 13.4. The van der Waals surface area contributed by atoms with Crippen LogP contribution in [0.4, 0.5) is 4.39 Å². The molecule has 0 saturated carbocycles. The van der Waals surface area contributed by atoms with Gasteiger partial charge in [-0.25, -0.2) is 4.39 Å². The molecule has 0 aliphatic carbocycles. The minimum atomic E-state index is -0.131. The fourth-order valence-corrected chi connectivity index (χ4v) is 2.24. The zero-order valence-electron chi connectivity index (χ0n) is 9.46. The highest BCUT2D eigenvalue weighted by Gasteiger charge is 2.12. The van der Waals surface area contributed by atoms with Crippen LogP contribution in [0, 0.1) is 5.82 Å². The lowest BCUT2D eigenvalue weighted by Gasteiger charge is -2.20. The molecular weight excluding hydrogens is 209 g/mol. The summed E-state index contributed by atoms with van der Waals surface area (Å²) in [5.41, 5.74) is 0.741. The van der Waals surface area contributed by atoms with E-state index >= 15 is 0 Å². The van der Waals surface area contributed by atoms with E-state index in [2.05, 4.69) is 18.5 Å². The van der Waals surface area contributed by atoms with Gasteiger partial charge < -0.3 is 5.32 Å². The first kappa shape index (κ1) is 12.5. The summed E-state index contributed by atoms with van der Waals surface area (Å²) >= 11 is 1.79. The van der Waals surface area contributed by atoms with Crippen molar-refractivity contribution in [2.24, 2.45) is 0 Å². The van der Waals surface area contributed by atoms with Crippen molar-refractivity contribution in [1.29, 1.82) is 0 Å². The summed E-state index contributed by atoms with van der Waals surface area (Å²) in [6.45, 7) is 4.11. The Kier molecular flexibility index (Phi) is 5.12. The first-order chi connectivity index (χ1) is 7.15. The van der Waals surface area contributed by atoms with Crippen molar-refractivity contribution < 1.29 is 4.39 Å². The van der Waals surface area contributed by atoms with Crippen molar-refractivity contribution in [3.63, 3.8) is 0 Å². The van der Waals surface area contributed by atoms with Crippen LogP contribution in [0.3, 0.4) is 0 Å². The van der Waals surface area contributed by atoms with Crippen molar-refractivity contribution in [2.75, 3.05) is 12.0 Å². The van der Waals surface area contributed by atoms with Gasteiger partial charge in [-0.15, -0.1) is 0 Å². The maximum Gasteiger partial charge on any atom is 0.127 e. The van der Waals surface area contributed by atoms with E-state index in [0.717, 1.165) is 11.3 Å². The Morgan fingerprint density at radius 3 is 2.60 bits per heavy atom. The summed E-state index contributed by atoms with van der Waals surface area (Å²) in [5.74, 6) is 0.910. The monoisotopic (exact) mass is 227 g/mol. The van der Waals surface area contributed by atoms with Crippen LogP contribution in [0.2, 0.25) is 0 Å². The minimum Gasteiger partial charge on any atom is -0.307 e. The molecule has 1 nitrogen and oxygen atoms in total. The molecule has 1 aromatic carbocycles. The van der Waals surface area contributed by atoms with Crippen LogP contribution in [0.15, 0.2) is 24.3 Å². The summed E-state index contributed by atoms with van der Waals surface area (Å²) in [7, 11) is 0. The van der Waals surface area contributed by atoms with Crippen LogP contribution in [0.25, 0.3) is 0 Å². The van der Waals surface area contributed by atoms with Crippen LogP contribution in [-0.4, -0.2) is 18.1 Å². The van der Waals surface area contributed by atoms with Crippen molar-refractivity contribution >= 4 is 11.8 Å². The van der Waals surface area contributed by atoms with Crippen molar-refractivity contribution in [2.45, 2.75) is 25.9 Å². The third-order valence-electron chi connectivity index (χ3n) is 2.32. The summed E-state index contributed by atoms with van der Waals surface area (Å²) in [4.78, 5) is 0. The summed E-state index contributed by atoms with van der Waals surface area (Å²) in [6.07, 6.45) is 2.08. The largest absolute Gasteiger partial charge is 0.307 e. The van der Waals surface area contributed by atoms with Gasteiger partial charge in [-0.2, -0.15) is 11.8 Å². The molecule has 0 aliphatic rings. The molecule has 0 radical (unpaired) electrons. The van der Waals surface area contributed by atoms with E-state index in [1.54, 1.807) is 17.8 Å². The Bertz CT molecular complexity index is 303. The fourth-order valence-electron chi connectivity index (χ4n) is 1.64. The van der Waals surface area contributed by atoms with E-state index in [1.165, 1.54) is 6.07 Å². The highest BCUT2D eigenvalue weighted by atomic mass is 32.2. The van der Waals surface area contributed by atoms with Crippen LogP contribution < -0.4 is 5.32 Å². The number of hydrogen-bond donors (Lipinski definition) is 1. The molecule has 0 spiro atoms. The second kappa shape index (κ2) is 6.13. The Morgan fingerprint density at radius 2 is 2.00 bits per heavy atom. The van der Waals surface area contributed by atoms with Crippen LogP contribution in [0.5, 0.6) is 0 Å². The van der Waals surface area contributed by atoms with Crippen LogP contribution in [-0.2, 0) is 0 Å². The van der Waals surface area contributed by atoms with Gasteiger partial charge in [0.2, 0.25) is 0 Å². The van der Waals surface area contributed by atoms with Gasteiger partial charge in [0, 0.05) is 23.4 Å². The SMILES string of the molecule is CSCC(C)NC(C)c1ccccc1F. The lowest BCUT2D eigenvalue weighted by Crippen LogP contribution is -2.31. The average Bonchev–Trinajstić information content (AvgIpc) is 2.18. The molecule has 0 saturated heterocycles. The Morgan fingerprint density at radius 1 is 1.33 bits per heavy atom. The van der Waals surface area contributed by atoms with Gasteiger partial charge in [0.25, 0.3) is 0 Å². The van der Waals surface area contributed by atoms with Gasteiger partial charge in [-0.3, -0.25) is 0 Å². The molecule has 3 heteroatoms. The molecule has 2 atom stereocenters. The smallest absolute Gasteiger partial charge is 0.127 e. The van der Waals surface area contributed by atoms with Crippen LogP contribution in [0.1, 0.15) is 25.5 Å². The first-order valence-corrected chi connectivity index (χ1v) is 6.54. The lowest BCUT2D eigenvalue weighted by molar-refractivity contribution is 0.487. The maximum absolute atomic E-state index is 13.4.